The van der Waals surface area contributed by atoms with Crippen LogP contribution in [0.4, 0.5) is 0 Å². The van der Waals surface area contributed by atoms with Crippen LogP contribution in [-0.4, -0.2) is 30.3 Å². The highest BCUT2D eigenvalue weighted by Crippen LogP contribution is 2.43. The molecule has 0 bridgehead atoms. The van der Waals surface area contributed by atoms with E-state index in [0.29, 0.717) is 34.7 Å². The predicted molar refractivity (Wildman–Crippen MR) is 149 cm³/mol. The molecule has 37 heavy (non-hydrogen) atoms. The molecule has 1 N–H and O–H groups in total. The normalized spacial score (nSPS) is 14.6. The summed E-state index contributed by atoms with van der Waals surface area (Å²) in [5, 5.41) is 12.9. The first-order chi connectivity index (χ1) is 17.0. The van der Waals surface area contributed by atoms with Crippen LogP contribution in [0.3, 0.4) is 0 Å². The van der Waals surface area contributed by atoms with Crippen molar-refractivity contribution in [3.8, 4) is 0 Å². The summed E-state index contributed by atoms with van der Waals surface area (Å²) in [5.74, 6) is -1.72. The quantitative estimate of drug-likeness (QED) is 0.326. The van der Waals surface area contributed by atoms with E-state index in [1.54, 1.807) is 25.1 Å². The first kappa shape index (κ1) is 30.9. The van der Waals surface area contributed by atoms with Crippen molar-refractivity contribution < 1.29 is 24.2 Å². The molecule has 0 aliphatic rings. The summed E-state index contributed by atoms with van der Waals surface area (Å²) in [5.41, 5.74) is 1.37. The Morgan fingerprint density at radius 1 is 0.973 bits per heavy atom. The second-order valence-electron chi connectivity index (χ2n) is 12.1. The third-order valence-electron chi connectivity index (χ3n) is 6.64. The van der Waals surface area contributed by atoms with E-state index in [2.05, 4.69) is 0 Å². The number of esters is 2. The zero-order valence-electron chi connectivity index (χ0n) is 23.8. The summed E-state index contributed by atoms with van der Waals surface area (Å²) in [6, 6.07) is 11.0. The highest BCUT2D eigenvalue weighted by Gasteiger charge is 2.45. The molecule has 2 aromatic carbocycles. The molecule has 2 rings (SSSR count). The average molecular weight is 531 g/mol. The van der Waals surface area contributed by atoms with E-state index in [4.69, 9.17) is 21.1 Å². The standard InChI is InChI=1S/C31H43ClO5/c1-10-13-36-27(33)22(4)31(35,18-30(8,9)24-14-20(2)15-25(32)17-24)23-11-12-26(21(3)16-23)28(34)37-19-29(5,6)7/h11-12,14-17,22,35H,10,13,18-19H2,1-9H3. The van der Waals surface area contributed by atoms with Crippen LogP contribution in [-0.2, 0) is 25.3 Å². The van der Waals surface area contributed by atoms with E-state index in [1.165, 1.54) is 0 Å². The van der Waals surface area contributed by atoms with Crippen molar-refractivity contribution in [3.05, 3.63) is 69.2 Å². The smallest absolute Gasteiger partial charge is 0.338 e. The van der Waals surface area contributed by atoms with E-state index in [9.17, 15) is 14.7 Å². The van der Waals surface area contributed by atoms with E-state index < -0.39 is 28.9 Å². The molecule has 5 nitrogen and oxygen atoms in total. The van der Waals surface area contributed by atoms with Crippen LogP contribution in [0.15, 0.2) is 36.4 Å². The Balaban J connectivity index is 2.52. The summed E-state index contributed by atoms with van der Waals surface area (Å²) in [7, 11) is 0. The van der Waals surface area contributed by atoms with Crippen molar-refractivity contribution in [3.63, 3.8) is 0 Å². The lowest BCUT2D eigenvalue weighted by atomic mass is 9.68. The molecule has 2 aromatic rings. The third kappa shape index (κ3) is 8.05. The summed E-state index contributed by atoms with van der Waals surface area (Å²) in [6.07, 6.45) is 0.921. The molecule has 0 saturated carbocycles. The average Bonchev–Trinajstić information content (AvgIpc) is 2.78. The number of rotatable bonds is 10. The minimum Gasteiger partial charge on any atom is -0.465 e. The van der Waals surface area contributed by atoms with Gasteiger partial charge >= 0.3 is 11.9 Å². The van der Waals surface area contributed by atoms with Gasteiger partial charge in [-0.2, -0.15) is 0 Å². The molecule has 0 aromatic heterocycles. The van der Waals surface area contributed by atoms with Crippen molar-refractivity contribution in [1.82, 2.24) is 0 Å². The summed E-state index contributed by atoms with van der Waals surface area (Å²) >= 11 is 6.36. The molecule has 0 heterocycles. The molecular formula is C31H43ClO5. The number of aliphatic hydroxyl groups is 1. The fourth-order valence-electron chi connectivity index (χ4n) is 4.45. The summed E-state index contributed by atoms with van der Waals surface area (Å²) in [6.45, 7) is 18.0. The van der Waals surface area contributed by atoms with Gasteiger partial charge in [0, 0.05) is 5.02 Å². The van der Waals surface area contributed by atoms with Gasteiger partial charge in [-0.25, -0.2) is 4.79 Å². The fourth-order valence-corrected chi connectivity index (χ4v) is 4.74. The molecule has 0 amide bonds. The Labute approximate surface area is 227 Å². The Hall–Kier alpha value is -2.37. The van der Waals surface area contributed by atoms with Crippen molar-refractivity contribution >= 4 is 23.5 Å². The largest absolute Gasteiger partial charge is 0.465 e. The number of aryl methyl sites for hydroxylation is 2. The second-order valence-corrected chi connectivity index (χ2v) is 12.5. The van der Waals surface area contributed by atoms with Crippen LogP contribution in [0.1, 0.15) is 93.9 Å². The van der Waals surface area contributed by atoms with Gasteiger partial charge in [0.05, 0.1) is 24.7 Å². The second kappa shape index (κ2) is 12.0. The van der Waals surface area contributed by atoms with Gasteiger partial charge in [0.15, 0.2) is 0 Å². The Bertz CT molecular complexity index is 1090. The SMILES string of the molecule is CCCOC(=O)C(C)C(O)(CC(C)(C)c1cc(C)cc(Cl)c1)c1ccc(C(=O)OCC(C)(C)C)c(C)c1. The minimum atomic E-state index is -1.57. The van der Waals surface area contributed by atoms with Crippen LogP contribution in [0.25, 0.3) is 0 Å². The molecule has 0 spiro atoms. The number of carbonyl (C=O) groups is 2. The van der Waals surface area contributed by atoms with E-state index in [-0.39, 0.29) is 18.4 Å². The van der Waals surface area contributed by atoms with Crippen LogP contribution < -0.4 is 0 Å². The zero-order chi connectivity index (χ0) is 28.2. The molecular weight excluding hydrogens is 488 g/mol. The Morgan fingerprint density at radius 3 is 2.16 bits per heavy atom. The Morgan fingerprint density at radius 2 is 1.62 bits per heavy atom. The van der Waals surface area contributed by atoms with Crippen LogP contribution in [0.2, 0.25) is 5.02 Å². The molecule has 0 aliphatic carbocycles. The van der Waals surface area contributed by atoms with Crippen LogP contribution >= 0.6 is 11.6 Å². The topological polar surface area (TPSA) is 72.8 Å². The highest BCUT2D eigenvalue weighted by atomic mass is 35.5. The molecule has 0 fully saturated rings. The maximum atomic E-state index is 13.0. The molecule has 0 saturated heterocycles. The third-order valence-corrected chi connectivity index (χ3v) is 6.85. The first-order valence-corrected chi connectivity index (χ1v) is 13.3. The predicted octanol–water partition coefficient (Wildman–Crippen LogP) is 7.30. The first-order valence-electron chi connectivity index (χ1n) is 12.9. The number of halogens is 1. The van der Waals surface area contributed by atoms with Gasteiger partial charge in [0.1, 0.15) is 5.60 Å². The molecule has 2 unspecified atom stereocenters. The maximum absolute atomic E-state index is 13.0. The van der Waals surface area contributed by atoms with E-state index >= 15 is 0 Å². The monoisotopic (exact) mass is 530 g/mol. The molecule has 204 valence electrons. The van der Waals surface area contributed by atoms with Gasteiger partial charge < -0.3 is 14.6 Å². The molecule has 0 aliphatic heterocycles. The van der Waals surface area contributed by atoms with Gasteiger partial charge in [-0.05, 0) is 84.9 Å². The van der Waals surface area contributed by atoms with E-state index in [1.807, 2.05) is 73.6 Å². The number of hydrogen-bond acceptors (Lipinski definition) is 5. The number of hydrogen-bond donors (Lipinski definition) is 1. The van der Waals surface area contributed by atoms with Gasteiger partial charge in [0.25, 0.3) is 0 Å². The van der Waals surface area contributed by atoms with Gasteiger partial charge in [-0.1, -0.05) is 71.3 Å². The fraction of sp³-hybridized carbons (Fsp3) is 0.548. The van der Waals surface area contributed by atoms with Crippen molar-refractivity contribution in [2.24, 2.45) is 11.3 Å². The van der Waals surface area contributed by atoms with Crippen molar-refractivity contribution in [1.29, 1.82) is 0 Å². The molecule has 2 atom stereocenters. The summed E-state index contributed by atoms with van der Waals surface area (Å²) < 4.78 is 10.9. The highest BCUT2D eigenvalue weighted by molar-refractivity contribution is 6.30. The molecule has 0 radical (unpaired) electrons. The van der Waals surface area contributed by atoms with Gasteiger partial charge in [-0.15, -0.1) is 0 Å². The zero-order valence-corrected chi connectivity index (χ0v) is 24.6. The maximum Gasteiger partial charge on any atom is 0.338 e. The van der Waals surface area contributed by atoms with Gasteiger partial charge in [0.2, 0.25) is 0 Å². The van der Waals surface area contributed by atoms with Gasteiger partial charge in [-0.3, -0.25) is 4.79 Å². The summed E-state index contributed by atoms with van der Waals surface area (Å²) in [4.78, 5) is 25.8. The lowest BCUT2D eigenvalue weighted by Gasteiger charge is -2.40. The van der Waals surface area contributed by atoms with Crippen LogP contribution in [0, 0.1) is 25.2 Å². The lowest BCUT2D eigenvalue weighted by molar-refractivity contribution is -0.160. The number of benzene rings is 2. The number of carbonyl (C=O) groups excluding carboxylic acids is 2. The Kier molecular flexibility index (Phi) is 10.0. The minimum absolute atomic E-state index is 0.150. The van der Waals surface area contributed by atoms with Crippen LogP contribution in [0.5, 0.6) is 0 Å². The van der Waals surface area contributed by atoms with Crippen molar-refractivity contribution in [2.45, 2.75) is 86.2 Å². The molecule has 6 heteroatoms. The number of ether oxygens (including phenoxy) is 2. The van der Waals surface area contributed by atoms with E-state index in [0.717, 1.165) is 11.1 Å². The lowest BCUT2D eigenvalue weighted by Crippen LogP contribution is -2.44. The van der Waals surface area contributed by atoms with Crippen molar-refractivity contribution in [2.75, 3.05) is 13.2 Å².